The first-order valence-corrected chi connectivity index (χ1v) is 9.69. The van der Waals surface area contributed by atoms with Gasteiger partial charge < -0.3 is 19.8 Å². The Hall–Kier alpha value is -2.12. The third kappa shape index (κ3) is 4.15. The molecular weight excluding hydrogens is 382 g/mol. The predicted molar refractivity (Wildman–Crippen MR) is 108 cm³/mol. The van der Waals surface area contributed by atoms with Gasteiger partial charge in [-0.2, -0.15) is 0 Å². The van der Waals surface area contributed by atoms with Crippen LogP contribution >= 0.6 is 12.4 Å². The lowest BCUT2D eigenvalue weighted by Crippen LogP contribution is -2.42. The number of aromatic nitrogens is 1. The van der Waals surface area contributed by atoms with Gasteiger partial charge in [-0.25, -0.2) is 9.78 Å². The summed E-state index contributed by atoms with van der Waals surface area (Å²) in [6.45, 7) is 0.893. The number of carbonyl (C=O) groups is 2. The molecule has 1 aliphatic heterocycles. The lowest BCUT2D eigenvalue weighted by Gasteiger charge is -2.30. The number of oxazole rings is 1. The van der Waals surface area contributed by atoms with Gasteiger partial charge in [0.25, 0.3) is 0 Å². The van der Waals surface area contributed by atoms with Crippen LogP contribution in [0.25, 0.3) is 11.1 Å². The molecule has 0 bridgehead atoms. The Morgan fingerprint density at radius 3 is 2.75 bits per heavy atom. The van der Waals surface area contributed by atoms with Crippen LogP contribution in [0.1, 0.15) is 49.2 Å². The molecule has 1 saturated heterocycles. The van der Waals surface area contributed by atoms with Crippen LogP contribution in [0.2, 0.25) is 0 Å². The Kier molecular flexibility index (Phi) is 6.57. The summed E-state index contributed by atoms with van der Waals surface area (Å²) in [5.74, 6) is 0.337. The molecule has 152 valence electrons. The molecule has 2 atom stereocenters. The second-order valence-electron chi connectivity index (χ2n) is 7.46. The molecule has 1 aliphatic carbocycles. The summed E-state index contributed by atoms with van der Waals surface area (Å²) in [6, 6.07) is 5.03. The Balaban J connectivity index is 0.00000225. The van der Waals surface area contributed by atoms with Crippen LogP contribution in [-0.4, -0.2) is 36.6 Å². The number of halogens is 1. The van der Waals surface area contributed by atoms with E-state index < -0.39 is 5.97 Å². The number of esters is 1. The maximum Gasteiger partial charge on any atom is 0.394 e. The van der Waals surface area contributed by atoms with Crippen molar-refractivity contribution < 1.29 is 18.7 Å². The molecular formula is C20H26ClN3O4. The Morgan fingerprint density at radius 2 is 2.00 bits per heavy atom. The fraction of sp³-hybridized carbons (Fsp3) is 0.550. The van der Waals surface area contributed by atoms with E-state index in [2.05, 4.69) is 20.4 Å². The molecule has 2 fully saturated rings. The minimum Gasteiger partial charge on any atom is -0.462 e. The van der Waals surface area contributed by atoms with Gasteiger partial charge in [-0.1, -0.05) is 32.1 Å². The molecule has 0 radical (unpaired) electrons. The van der Waals surface area contributed by atoms with Crippen molar-refractivity contribution in [2.24, 2.45) is 11.8 Å². The predicted octanol–water partition coefficient (Wildman–Crippen LogP) is 3.53. The molecule has 2 heterocycles. The number of hydrogen-bond donors (Lipinski definition) is 2. The van der Waals surface area contributed by atoms with Crippen molar-refractivity contribution in [2.75, 3.05) is 19.0 Å². The zero-order chi connectivity index (χ0) is 18.8. The van der Waals surface area contributed by atoms with Gasteiger partial charge >= 0.3 is 11.9 Å². The molecule has 8 heteroatoms. The number of carbonyl (C=O) groups excluding carboxylic acids is 2. The summed E-state index contributed by atoms with van der Waals surface area (Å²) in [4.78, 5) is 28.6. The third-order valence-electron chi connectivity index (χ3n) is 5.82. The first-order chi connectivity index (χ1) is 13.2. The Bertz CT molecular complexity index is 847. The third-order valence-corrected chi connectivity index (χ3v) is 5.82. The molecule has 0 unspecified atom stereocenters. The van der Waals surface area contributed by atoms with Crippen molar-refractivity contribution in [1.29, 1.82) is 0 Å². The molecule has 4 rings (SSSR count). The van der Waals surface area contributed by atoms with Crippen LogP contribution < -0.4 is 10.6 Å². The van der Waals surface area contributed by atoms with Gasteiger partial charge in [-0.15, -0.1) is 12.4 Å². The zero-order valence-corrected chi connectivity index (χ0v) is 16.7. The highest BCUT2D eigenvalue weighted by Crippen LogP contribution is 2.36. The number of anilines is 1. The highest BCUT2D eigenvalue weighted by molar-refractivity contribution is 5.97. The van der Waals surface area contributed by atoms with E-state index in [4.69, 9.17) is 4.42 Å². The second kappa shape index (κ2) is 8.92. The van der Waals surface area contributed by atoms with Crippen LogP contribution in [0.15, 0.2) is 22.6 Å². The van der Waals surface area contributed by atoms with E-state index in [0.29, 0.717) is 28.6 Å². The number of rotatable bonds is 4. The van der Waals surface area contributed by atoms with Crippen LogP contribution in [-0.2, 0) is 9.53 Å². The maximum atomic E-state index is 12.9. The molecule has 2 N–H and O–H groups in total. The smallest absolute Gasteiger partial charge is 0.394 e. The van der Waals surface area contributed by atoms with Crippen molar-refractivity contribution in [3.05, 3.63) is 24.1 Å². The maximum absolute atomic E-state index is 12.9. The van der Waals surface area contributed by atoms with Gasteiger partial charge in [0.2, 0.25) is 5.91 Å². The molecule has 2 aromatic rings. The average molecular weight is 408 g/mol. The minimum absolute atomic E-state index is 0. The summed E-state index contributed by atoms with van der Waals surface area (Å²) < 4.78 is 9.99. The molecule has 7 nitrogen and oxygen atoms in total. The van der Waals surface area contributed by atoms with Gasteiger partial charge in [0, 0.05) is 5.69 Å². The van der Waals surface area contributed by atoms with E-state index in [1.165, 1.54) is 39.2 Å². The van der Waals surface area contributed by atoms with Gasteiger partial charge in [0.05, 0.1) is 13.2 Å². The lowest BCUT2D eigenvalue weighted by molar-refractivity contribution is -0.119. The number of nitrogens with zero attached hydrogens (tertiary/aromatic N) is 1. The monoisotopic (exact) mass is 407 g/mol. The Morgan fingerprint density at radius 1 is 1.21 bits per heavy atom. The quantitative estimate of drug-likeness (QED) is 0.753. The summed E-state index contributed by atoms with van der Waals surface area (Å²) in [6.07, 6.45) is 7.41. The van der Waals surface area contributed by atoms with Crippen molar-refractivity contribution in [2.45, 2.75) is 44.6 Å². The largest absolute Gasteiger partial charge is 0.462 e. The van der Waals surface area contributed by atoms with Crippen molar-refractivity contribution in [3.8, 4) is 0 Å². The summed E-state index contributed by atoms with van der Waals surface area (Å²) in [7, 11) is 1.28. The SMILES string of the molecule is COC(=O)c1nc2cc(NC(=O)[C@@H]3NCC[C@H]3C3CCCCC3)ccc2o1.Cl. The van der Waals surface area contributed by atoms with E-state index in [1.807, 2.05) is 0 Å². The van der Waals surface area contributed by atoms with Crippen molar-refractivity contribution >= 4 is 41.1 Å². The van der Waals surface area contributed by atoms with Crippen LogP contribution in [0.4, 0.5) is 5.69 Å². The number of nitrogens with one attached hydrogen (secondary N) is 2. The van der Waals surface area contributed by atoms with Gasteiger partial charge in [0.1, 0.15) is 5.52 Å². The molecule has 2 aliphatic rings. The number of ether oxygens (including phenoxy) is 1. The molecule has 0 spiro atoms. The standard InChI is InChI=1S/C20H25N3O4.ClH/c1-26-20(25)19-23-15-11-13(7-8-16(15)27-19)22-18(24)17-14(9-10-21-17)12-5-3-2-4-6-12;/h7-8,11-12,14,17,21H,2-6,9-10H2,1H3,(H,22,24);1H/t14-,17+;/m0./s1. The molecule has 1 aromatic heterocycles. The average Bonchev–Trinajstić information content (AvgIpc) is 3.34. The molecule has 28 heavy (non-hydrogen) atoms. The first-order valence-electron chi connectivity index (χ1n) is 9.69. The number of amides is 1. The summed E-state index contributed by atoms with van der Waals surface area (Å²) in [5, 5.41) is 6.38. The summed E-state index contributed by atoms with van der Waals surface area (Å²) >= 11 is 0. The van der Waals surface area contributed by atoms with E-state index in [0.717, 1.165) is 13.0 Å². The first kappa shape index (κ1) is 20.6. The fourth-order valence-corrected chi connectivity index (χ4v) is 4.48. The number of benzene rings is 1. The van der Waals surface area contributed by atoms with Crippen molar-refractivity contribution in [3.63, 3.8) is 0 Å². The Labute approximate surface area is 170 Å². The molecule has 1 saturated carbocycles. The van der Waals surface area contributed by atoms with E-state index in [9.17, 15) is 9.59 Å². The second-order valence-corrected chi connectivity index (χ2v) is 7.46. The van der Waals surface area contributed by atoms with E-state index in [-0.39, 0.29) is 30.2 Å². The number of methoxy groups -OCH3 is 1. The van der Waals surface area contributed by atoms with E-state index in [1.54, 1.807) is 18.2 Å². The molecule has 1 aromatic carbocycles. The lowest BCUT2D eigenvalue weighted by atomic mass is 9.76. The van der Waals surface area contributed by atoms with Gasteiger partial charge in [-0.05, 0) is 43.0 Å². The molecule has 1 amide bonds. The van der Waals surface area contributed by atoms with Crippen LogP contribution in [0.5, 0.6) is 0 Å². The van der Waals surface area contributed by atoms with Crippen LogP contribution in [0, 0.1) is 11.8 Å². The van der Waals surface area contributed by atoms with Gasteiger partial charge in [-0.3, -0.25) is 4.79 Å². The highest BCUT2D eigenvalue weighted by atomic mass is 35.5. The number of fused-ring (bicyclic) bond motifs is 1. The highest BCUT2D eigenvalue weighted by Gasteiger charge is 2.38. The normalized spacial score (nSPS) is 22.6. The van der Waals surface area contributed by atoms with Gasteiger partial charge in [0.15, 0.2) is 5.58 Å². The van der Waals surface area contributed by atoms with E-state index >= 15 is 0 Å². The zero-order valence-electron chi connectivity index (χ0n) is 15.9. The summed E-state index contributed by atoms with van der Waals surface area (Å²) in [5.41, 5.74) is 1.64. The van der Waals surface area contributed by atoms with Crippen LogP contribution in [0.3, 0.4) is 0 Å². The van der Waals surface area contributed by atoms with Crippen molar-refractivity contribution in [1.82, 2.24) is 10.3 Å². The number of hydrogen-bond acceptors (Lipinski definition) is 6. The fourth-order valence-electron chi connectivity index (χ4n) is 4.48. The topological polar surface area (TPSA) is 93.5 Å². The minimum atomic E-state index is -0.623.